The van der Waals surface area contributed by atoms with Gasteiger partial charge in [-0.1, -0.05) is 0 Å². The van der Waals surface area contributed by atoms with Gasteiger partial charge in [0, 0.05) is 38.1 Å². The summed E-state index contributed by atoms with van der Waals surface area (Å²) < 4.78 is 1.79. The van der Waals surface area contributed by atoms with Crippen LogP contribution in [0.15, 0.2) is 30.6 Å². The van der Waals surface area contributed by atoms with Crippen LogP contribution in [0.25, 0.3) is 0 Å². The second kappa shape index (κ2) is 5.31. The minimum absolute atomic E-state index is 0.0440. The molecule has 2 N–H and O–H groups in total. The van der Waals surface area contributed by atoms with E-state index in [0.717, 1.165) is 12.1 Å². The molecule has 0 aliphatic heterocycles. The predicted octanol–water partition coefficient (Wildman–Crippen LogP) is 1.17. The summed E-state index contributed by atoms with van der Waals surface area (Å²) in [7, 11) is 1.88. The summed E-state index contributed by atoms with van der Waals surface area (Å²) >= 11 is 0. The fraction of sp³-hybridized carbons (Fsp3) is 0.250. The number of carboxylic acids is 1. The standard InChI is InChI=1S/C12H14N4O2/c1-16-9(5-8-15-16)4-7-13-10-3-2-6-14-11(10)12(17)18/h2-3,5-6,8,13H,4,7H2,1H3,(H,17,18). The number of hydrogen-bond donors (Lipinski definition) is 2. The molecule has 0 aliphatic carbocycles. The fourth-order valence-corrected chi connectivity index (χ4v) is 1.69. The van der Waals surface area contributed by atoms with Gasteiger partial charge in [0.2, 0.25) is 0 Å². The molecular weight excluding hydrogens is 232 g/mol. The lowest BCUT2D eigenvalue weighted by molar-refractivity contribution is 0.0691. The third-order valence-corrected chi connectivity index (χ3v) is 2.63. The Hall–Kier alpha value is -2.37. The lowest BCUT2D eigenvalue weighted by Gasteiger charge is -2.08. The van der Waals surface area contributed by atoms with Crippen molar-refractivity contribution in [3.05, 3.63) is 42.0 Å². The quantitative estimate of drug-likeness (QED) is 0.827. The van der Waals surface area contributed by atoms with E-state index in [-0.39, 0.29) is 5.69 Å². The van der Waals surface area contributed by atoms with Crippen molar-refractivity contribution in [3.63, 3.8) is 0 Å². The normalized spacial score (nSPS) is 10.3. The zero-order valence-corrected chi connectivity index (χ0v) is 10.00. The molecule has 0 radical (unpaired) electrons. The Kier molecular flexibility index (Phi) is 3.57. The Bertz CT molecular complexity index is 551. The average Bonchev–Trinajstić information content (AvgIpc) is 2.76. The summed E-state index contributed by atoms with van der Waals surface area (Å²) in [5.74, 6) is -1.03. The van der Waals surface area contributed by atoms with Crippen LogP contribution in [0, 0.1) is 0 Å². The molecule has 6 nitrogen and oxygen atoms in total. The minimum Gasteiger partial charge on any atom is -0.476 e. The maximum absolute atomic E-state index is 11.0. The zero-order chi connectivity index (χ0) is 13.0. The van der Waals surface area contributed by atoms with Crippen LogP contribution < -0.4 is 5.32 Å². The van der Waals surface area contributed by atoms with Crippen molar-refractivity contribution in [3.8, 4) is 0 Å². The highest BCUT2D eigenvalue weighted by atomic mass is 16.4. The Balaban J connectivity index is 1.99. The summed E-state index contributed by atoms with van der Waals surface area (Å²) in [6.07, 6.45) is 3.97. The van der Waals surface area contributed by atoms with Crippen LogP contribution in [-0.4, -0.2) is 32.4 Å². The molecule has 0 aromatic carbocycles. The molecule has 0 saturated heterocycles. The highest BCUT2D eigenvalue weighted by molar-refractivity contribution is 5.91. The molecular formula is C12H14N4O2. The summed E-state index contributed by atoms with van der Waals surface area (Å²) in [6.45, 7) is 0.630. The van der Waals surface area contributed by atoms with Crippen molar-refractivity contribution >= 4 is 11.7 Å². The van der Waals surface area contributed by atoms with Crippen molar-refractivity contribution in [1.82, 2.24) is 14.8 Å². The SMILES string of the molecule is Cn1nccc1CCNc1cccnc1C(=O)O. The molecule has 0 aliphatic rings. The van der Waals surface area contributed by atoms with Crippen molar-refractivity contribution in [1.29, 1.82) is 0 Å². The Labute approximate surface area is 104 Å². The van der Waals surface area contributed by atoms with Gasteiger partial charge in [0.1, 0.15) is 0 Å². The van der Waals surface area contributed by atoms with Gasteiger partial charge in [0.05, 0.1) is 5.69 Å². The highest BCUT2D eigenvalue weighted by Gasteiger charge is 2.10. The van der Waals surface area contributed by atoms with Gasteiger partial charge in [-0.05, 0) is 18.2 Å². The van der Waals surface area contributed by atoms with E-state index in [0.29, 0.717) is 12.2 Å². The van der Waals surface area contributed by atoms with E-state index in [1.54, 1.807) is 23.0 Å². The van der Waals surface area contributed by atoms with Gasteiger partial charge in [-0.15, -0.1) is 0 Å². The average molecular weight is 246 g/mol. The number of aryl methyl sites for hydroxylation is 1. The van der Waals surface area contributed by atoms with Crippen LogP contribution in [0.1, 0.15) is 16.2 Å². The van der Waals surface area contributed by atoms with Crippen molar-refractivity contribution in [2.75, 3.05) is 11.9 Å². The molecule has 2 aromatic heterocycles. The highest BCUT2D eigenvalue weighted by Crippen LogP contribution is 2.12. The largest absolute Gasteiger partial charge is 0.476 e. The molecule has 0 saturated carbocycles. The summed E-state index contributed by atoms with van der Waals surface area (Å²) in [4.78, 5) is 14.8. The van der Waals surface area contributed by atoms with Crippen molar-refractivity contribution in [2.24, 2.45) is 7.05 Å². The number of nitrogens with one attached hydrogen (secondary N) is 1. The second-order valence-electron chi connectivity index (χ2n) is 3.83. The van der Waals surface area contributed by atoms with E-state index in [2.05, 4.69) is 15.4 Å². The summed E-state index contributed by atoms with van der Waals surface area (Å²) in [6, 6.07) is 5.35. The topological polar surface area (TPSA) is 80.0 Å². The van der Waals surface area contributed by atoms with Gasteiger partial charge < -0.3 is 10.4 Å². The summed E-state index contributed by atoms with van der Waals surface area (Å²) in [5, 5.41) is 16.1. The van der Waals surface area contributed by atoms with E-state index in [1.165, 1.54) is 6.20 Å². The molecule has 94 valence electrons. The second-order valence-corrected chi connectivity index (χ2v) is 3.83. The first kappa shape index (κ1) is 12.1. The first-order chi connectivity index (χ1) is 8.68. The molecule has 0 atom stereocenters. The van der Waals surface area contributed by atoms with Crippen LogP contribution in [0.4, 0.5) is 5.69 Å². The van der Waals surface area contributed by atoms with Crippen LogP contribution in [0.5, 0.6) is 0 Å². The third-order valence-electron chi connectivity index (χ3n) is 2.63. The molecule has 0 bridgehead atoms. The molecule has 2 heterocycles. The Morgan fingerprint density at radius 1 is 1.44 bits per heavy atom. The number of carboxylic acid groups (broad SMARTS) is 1. The van der Waals surface area contributed by atoms with Gasteiger partial charge in [-0.3, -0.25) is 4.68 Å². The molecule has 18 heavy (non-hydrogen) atoms. The van der Waals surface area contributed by atoms with E-state index in [4.69, 9.17) is 5.11 Å². The number of carbonyl (C=O) groups is 1. The molecule has 2 rings (SSSR count). The Morgan fingerprint density at radius 2 is 2.28 bits per heavy atom. The number of aromatic nitrogens is 3. The van der Waals surface area contributed by atoms with Crippen LogP contribution in [-0.2, 0) is 13.5 Å². The first-order valence-electron chi connectivity index (χ1n) is 5.57. The van der Waals surface area contributed by atoms with Gasteiger partial charge in [-0.25, -0.2) is 9.78 Å². The monoisotopic (exact) mass is 246 g/mol. The number of rotatable bonds is 5. The van der Waals surface area contributed by atoms with E-state index in [9.17, 15) is 4.79 Å². The fourth-order valence-electron chi connectivity index (χ4n) is 1.69. The number of aromatic carboxylic acids is 1. The maximum atomic E-state index is 11.0. The number of pyridine rings is 1. The van der Waals surface area contributed by atoms with E-state index >= 15 is 0 Å². The van der Waals surface area contributed by atoms with Crippen LogP contribution >= 0.6 is 0 Å². The summed E-state index contributed by atoms with van der Waals surface area (Å²) in [5.41, 5.74) is 1.66. The van der Waals surface area contributed by atoms with Crippen LogP contribution in [0.2, 0.25) is 0 Å². The lowest BCUT2D eigenvalue weighted by atomic mass is 10.2. The molecule has 2 aromatic rings. The Morgan fingerprint density at radius 3 is 2.94 bits per heavy atom. The lowest BCUT2D eigenvalue weighted by Crippen LogP contribution is -2.12. The third kappa shape index (κ3) is 2.65. The zero-order valence-electron chi connectivity index (χ0n) is 10.00. The van der Waals surface area contributed by atoms with Crippen molar-refractivity contribution in [2.45, 2.75) is 6.42 Å². The number of anilines is 1. The minimum atomic E-state index is -1.03. The van der Waals surface area contributed by atoms with E-state index in [1.807, 2.05) is 13.1 Å². The number of hydrogen-bond acceptors (Lipinski definition) is 4. The molecule has 0 spiro atoms. The molecule has 0 unspecified atom stereocenters. The maximum Gasteiger partial charge on any atom is 0.356 e. The molecule has 0 fully saturated rings. The van der Waals surface area contributed by atoms with Gasteiger partial charge >= 0.3 is 5.97 Å². The number of nitrogens with zero attached hydrogens (tertiary/aromatic N) is 3. The van der Waals surface area contributed by atoms with E-state index < -0.39 is 5.97 Å². The molecule has 6 heteroatoms. The predicted molar refractivity (Wildman–Crippen MR) is 66.6 cm³/mol. The molecule has 0 amide bonds. The smallest absolute Gasteiger partial charge is 0.356 e. The van der Waals surface area contributed by atoms with Gasteiger partial charge in [0.15, 0.2) is 5.69 Å². The van der Waals surface area contributed by atoms with Crippen molar-refractivity contribution < 1.29 is 9.90 Å². The van der Waals surface area contributed by atoms with Gasteiger partial charge in [0.25, 0.3) is 0 Å². The van der Waals surface area contributed by atoms with Crippen LogP contribution in [0.3, 0.4) is 0 Å². The van der Waals surface area contributed by atoms with Gasteiger partial charge in [-0.2, -0.15) is 5.10 Å². The first-order valence-corrected chi connectivity index (χ1v) is 5.57.